The molecular formula is C14H17ClN2O. The fourth-order valence-electron chi connectivity index (χ4n) is 2.38. The number of aromatic nitrogens is 2. The molecule has 2 aromatic rings. The second kappa shape index (κ2) is 5.44. The van der Waals surface area contributed by atoms with E-state index in [2.05, 4.69) is 21.7 Å². The Morgan fingerprint density at radius 2 is 2.06 bits per heavy atom. The maximum absolute atomic E-state index is 5.45. The zero-order valence-corrected chi connectivity index (χ0v) is 11.2. The van der Waals surface area contributed by atoms with Crippen LogP contribution >= 0.6 is 12.4 Å². The third-order valence-corrected chi connectivity index (χ3v) is 3.18. The first-order chi connectivity index (χ1) is 8.38. The molecule has 18 heavy (non-hydrogen) atoms. The van der Waals surface area contributed by atoms with Gasteiger partial charge in [0.2, 0.25) is 0 Å². The Morgan fingerprint density at radius 3 is 2.78 bits per heavy atom. The highest BCUT2D eigenvalue weighted by atomic mass is 35.5. The van der Waals surface area contributed by atoms with Gasteiger partial charge >= 0.3 is 0 Å². The van der Waals surface area contributed by atoms with Gasteiger partial charge < -0.3 is 9.30 Å². The minimum absolute atomic E-state index is 0. The average Bonchev–Trinajstić information content (AvgIpc) is 2.93. The van der Waals surface area contributed by atoms with Crippen molar-refractivity contribution in [3.05, 3.63) is 36.3 Å². The minimum Gasteiger partial charge on any atom is -0.494 e. The van der Waals surface area contributed by atoms with Crippen molar-refractivity contribution >= 4 is 12.4 Å². The number of ether oxygens (including phenoxy) is 1. The van der Waals surface area contributed by atoms with E-state index in [0.29, 0.717) is 6.61 Å². The van der Waals surface area contributed by atoms with Crippen LogP contribution in [0.1, 0.15) is 19.2 Å². The molecule has 1 aliphatic heterocycles. The van der Waals surface area contributed by atoms with Crippen LogP contribution in [-0.2, 0) is 13.0 Å². The van der Waals surface area contributed by atoms with Crippen LogP contribution in [-0.4, -0.2) is 16.2 Å². The van der Waals surface area contributed by atoms with Gasteiger partial charge in [0.25, 0.3) is 0 Å². The van der Waals surface area contributed by atoms with E-state index < -0.39 is 0 Å². The third-order valence-electron chi connectivity index (χ3n) is 3.18. The Bertz CT molecular complexity index is 519. The van der Waals surface area contributed by atoms with Crippen molar-refractivity contribution in [3.63, 3.8) is 0 Å². The van der Waals surface area contributed by atoms with E-state index in [1.54, 1.807) is 0 Å². The third kappa shape index (κ3) is 2.23. The summed E-state index contributed by atoms with van der Waals surface area (Å²) in [6, 6.07) is 8.25. The number of rotatable bonds is 3. The van der Waals surface area contributed by atoms with Gasteiger partial charge in [-0.15, -0.1) is 12.4 Å². The molecule has 0 N–H and O–H groups in total. The molecule has 0 saturated carbocycles. The number of imidazole rings is 1. The number of hydrogen-bond acceptors (Lipinski definition) is 2. The maximum Gasteiger partial charge on any atom is 0.119 e. The van der Waals surface area contributed by atoms with Crippen LogP contribution in [0.2, 0.25) is 0 Å². The highest BCUT2D eigenvalue weighted by Gasteiger charge is 2.16. The van der Waals surface area contributed by atoms with E-state index in [1.165, 1.54) is 23.5 Å². The van der Waals surface area contributed by atoms with Crippen molar-refractivity contribution in [2.24, 2.45) is 0 Å². The van der Waals surface area contributed by atoms with E-state index in [1.807, 2.05) is 25.3 Å². The van der Waals surface area contributed by atoms with Crippen molar-refractivity contribution in [2.45, 2.75) is 26.3 Å². The standard InChI is InChI=1S/C14H16N2O.ClH/c1-2-17-12-7-5-11(6-8-12)13-10-15-14-4-3-9-16(13)14;/h5-8,10H,2-4,9H2,1H3;1H. The molecule has 0 spiro atoms. The molecular weight excluding hydrogens is 248 g/mol. The second-order valence-corrected chi connectivity index (χ2v) is 4.27. The molecule has 96 valence electrons. The highest BCUT2D eigenvalue weighted by molar-refractivity contribution is 5.85. The number of aryl methyl sites for hydroxylation is 1. The molecule has 0 aliphatic carbocycles. The summed E-state index contributed by atoms with van der Waals surface area (Å²) in [7, 11) is 0. The maximum atomic E-state index is 5.45. The predicted octanol–water partition coefficient (Wildman–Crippen LogP) is 3.32. The molecule has 0 unspecified atom stereocenters. The van der Waals surface area contributed by atoms with Crippen LogP contribution in [0.5, 0.6) is 5.75 Å². The van der Waals surface area contributed by atoms with Crippen molar-refractivity contribution in [2.75, 3.05) is 6.61 Å². The van der Waals surface area contributed by atoms with E-state index in [-0.39, 0.29) is 12.4 Å². The number of hydrogen-bond donors (Lipinski definition) is 0. The second-order valence-electron chi connectivity index (χ2n) is 4.27. The van der Waals surface area contributed by atoms with E-state index in [4.69, 9.17) is 4.74 Å². The van der Waals surface area contributed by atoms with Gasteiger partial charge in [0.15, 0.2) is 0 Å². The van der Waals surface area contributed by atoms with Crippen molar-refractivity contribution in [1.82, 2.24) is 9.55 Å². The summed E-state index contributed by atoms with van der Waals surface area (Å²) in [6.07, 6.45) is 4.30. The zero-order chi connectivity index (χ0) is 11.7. The van der Waals surface area contributed by atoms with Crippen molar-refractivity contribution in [1.29, 1.82) is 0 Å². The summed E-state index contributed by atoms with van der Waals surface area (Å²) >= 11 is 0. The topological polar surface area (TPSA) is 27.1 Å². The Hall–Kier alpha value is -1.48. The summed E-state index contributed by atoms with van der Waals surface area (Å²) in [5.74, 6) is 2.14. The smallest absolute Gasteiger partial charge is 0.119 e. The summed E-state index contributed by atoms with van der Waals surface area (Å²) in [5, 5.41) is 0. The molecule has 0 saturated heterocycles. The molecule has 3 nitrogen and oxygen atoms in total. The fraction of sp³-hybridized carbons (Fsp3) is 0.357. The molecule has 1 aromatic carbocycles. The molecule has 1 aliphatic rings. The van der Waals surface area contributed by atoms with Crippen LogP contribution < -0.4 is 4.74 Å². The van der Waals surface area contributed by atoms with E-state index in [9.17, 15) is 0 Å². The summed E-state index contributed by atoms with van der Waals surface area (Å²) < 4.78 is 7.76. The summed E-state index contributed by atoms with van der Waals surface area (Å²) in [4.78, 5) is 4.46. The van der Waals surface area contributed by atoms with Gasteiger partial charge in [0, 0.05) is 18.5 Å². The lowest BCUT2D eigenvalue weighted by Crippen LogP contribution is -1.95. The van der Waals surface area contributed by atoms with Crippen LogP contribution in [0.3, 0.4) is 0 Å². The molecule has 0 fully saturated rings. The molecule has 1 aromatic heterocycles. The first-order valence-electron chi connectivity index (χ1n) is 6.16. The quantitative estimate of drug-likeness (QED) is 0.850. The number of nitrogens with zero attached hydrogens (tertiary/aromatic N) is 2. The highest BCUT2D eigenvalue weighted by Crippen LogP contribution is 2.26. The molecule has 0 amide bonds. The normalized spacial score (nSPS) is 12.9. The number of benzene rings is 1. The van der Waals surface area contributed by atoms with Crippen LogP contribution in [0, 0.1) is 0 Å². The van der Waals surface area contributed by atoms with Gasteiger partial charge in [-0.25, -0.2) is 4.98 Å². The summed E-state index contributed by atoms with van der Waals surface area (Å²) in [6.45, 7) is 3.80. The summed E-state index contributed by atoms with van der Waals surface area (Å²) in [5.41, 5.74) is 2.44. The largest absolute Gasteiger partial charge is 0.494 e. The van der Waals surface area contributed by atoms with Gasteiger partial charge in [-0.2, -0.15) is 0 Å². The van der Waals surface area contributed by atoms with Gasteiger partial charge in [-0.1, -0.05) is 0 Å². The predicted molar refractivity (Wildman–Crippen MR) is 74.4 cm³/mol. The first-order valence-corrected chi connectivity index (χ1v) is 6.16. The minimum atomic E-state index is 0. The first kappa shape index (κ1) is 13.0. The Labute approximate surface area is 113 Å². The van der Waals surface area contributed by atoms with Crippen LogP contribution in [0.25, 0.3) is 11.3 Å². The lowest BCUT2D eigenvalue weighted by Gasteiger charge is -2.06. The van der Waals surface area contributed by atoms with Gasteiger partial charge in [0.05, 0.1) is 18.5 Å². The molecule has 2 heterocycles. The fourth-order valence-corrected chi connectivity index (χ4v) is 2.38. The zero-order valence-electron chi connectivity index (χ0n) is 10.4. The average molecular weight is 265 g/mol. The Morgan fingerprint density at radius 1 is 1.28 bits per heavy atom. The lowest BCUT2D eigenvalue weighted by atomic mass is 10.1. The molecule has 4 heteroatoms. The van der Waals surface area contributed by atoms with Gasteiger partial charge in [-0.05, 0) is 37.6 Å². The van der Waals surface area contributed by atoms with E-state index in [0.717, 1.165) is 18.7 Å². The van der Waals surface area contributed by atoms with Crippen LogP contribution in [0.15, 0.2) is 30.5 Å². The van der Waals surface area contributed by atoms with Crippen molar-refractivity contribution < 1.29 is 4.74 Å². The Balaban J connectivity index is 0.00000120. The molecule has 0 bridgehead atoms. The molecule has 0 radical (unpaired) electrons. The number of halogens is 1. The SMILES string of the molecule is CCOc1ccc(-c2cnc3n2CCC3)cc1.Cl. The van der Waals surface area contributed by atoms with E-state index >= 15 is 0 Å². The van der Waals surface area contributed by atoms with Crippen molar-refractivity contribution in [3.8, 4) is 17.0 Å². The van der Waals surface area contributed by atoms with Crippen LogP contribution in [0.4, 0.5) is 0 Å². The Kier molecular flexibility index (Phi) is 3.92. The molecule has 0 atom stereocenters. The van der Waals surface area contributed by atoms with Gasteiger partial charge in [0.1, 0.15) is 11.6 Å². The monoisotopic (exact) mass is 264 g/mol. The molecule has 3 rings (SSSR count). The van der Waals surface area contributed by atoms with Gasteiger partial charge in [-0.3, -0.25) is 0 Å². The number of fused-ring (bicyclic) bond motifs is 1. The lowest BCUT2D eigenvalue weighted by molar-refractivity contribution is 0.340.